The molecule has 0 bridgehead atoms. The van der Waals surface area contributed by atoms with Crippen LogP contribution in [0, 0.1) is 5.92 Å². The summed E-state index contributed by atoms with van der Waals surface area (Å²) >= 11 is 0. The highest BCUT2D eigenvalue weighted by molar-refractivity contribution is 5.84. The zero-order valence-electron chi connectivity index (χ0n) is 15.8. The fourth-order valence-electron chi connectivity index (χ4n) is 3.39. The van der Waals surface area contributed by atoms with Crippen molar-refractivity contribution in [3.63, 3.8) is 0 Å². The van der Waals surface area contributed by atoms with Gasteiger partial charge in [-0.1, -0.05) is 30.3 Å². The summed E-state index contributed by atoms with van der Waals surface area (Å²) in [6, 6.07) is 8.81. The first-order chi connectivity index (χ1) is 13.4. The number of amides is 2. The maximum atomic E-state index is 12.3. The molecule has 2 atom stereocenters. The van der Waals surface area contributed by atoms with E-state index in [0.717, 1.165) is 19.3 Å². The Balaban J connectivity index is 1.71. The SMILES string of the molecule is O=C(CC(O)CC(=O)N1CCC(Cc2ccccc2)CC1)NC(CO)C(=O)O. The van der Waals surface area contributed by atoms with Gasteiger partial charge in [-0.2, -0.15) is 0 Å². The van der Waals surface area contributed by atoms with Gasteiger partial charge in [-0.15, -0.1) is 0 Å². The molecule has 154 valence electrons. The molecular weight excluding hydrogens is 364 g/mol. The number of rotatable bonds is 9. The van der Waals surface area contributed by atoms with Gasteiger partial charge in [0.1, 0.15) is 6.04 Å². The minimum absolute atomic E-state index is 0.187. The fraction of sp³-hybridized carbons (Fsp3) is 0.550. The average molecular weight is 392 g/mol. The summed E-state index contributed by atoms with van der Waals surface area (Å²) < 4.78 is 0. The highest BCUT2D eigenvalue weighted by Gasteiger charge is 2.26. The van der Waals surface area contributed by atoms with Crippen LogP contribution in [0.1, 0.15) is 31.2 Å². The Kier molecular flexibility index (Phi) is 8.41. The Bertz CT molecular complexity index is 658. The number of aliphatic hydroxyl groups is 2. The normalized spacial score (nSPS) is 17.0. The molecule has 2 amide bonds. The van der Waals surface area contributed by atoms with Gasteiger partial charge in [-0.05, 0) is 30.7 Å². The molecule has 0 saturated carbocycles. The third kappa shape index (κ3) is 6.94. The van der Waals surface area contributed by atoms with Gasteiger partial charge < -0.3 is 25.5 Å². The number of aliphatic carboxylic acids is 1. The lowest BCUT2D eigenvalue weighted by molar-refractivity contribution is -0.143. The third-order valence-electron chi connectivity index (χ3n) is 4.98. The molecule has 0 aromatic heterocycles. The van der Waals surface area contributed by atoms with Gasteiger partial charge in [0.2, 0.25) is 11.8 Å². The van der Waals surface area contributed by atoms with Crippen molar-refractivity contribution in [2.75, 3.05) is 19.7 Å². The van der Waals surface area contributed by atoms with Crippen molar-refractivity contribution < 1.29 is 29.7 Å². The molecule has 28 heavy (non-hydrogen) atoms. The second-order valence-electron chi connectivity index (χ2n) is 7.22. The highest BCUT2D eigenvalue weighted by atomic mass is 16.4. The minimum Gasteiger partial charge on any atom is -0.480 e. The molecule has 1 aliphatic rings. The van der Waals surface area contributed by atoms with E-state index in [2.05, 4.69) is 17.4 Å². The van der Waals surface area contributed by atoms with E-state index < -0.39 is 30.6 Å². The number of carbonyl (C=O) groups is 3. The molecule has 2 rings (SSSR count). The second kappa shape index (κ2) is 10.8. The Hall–Kier alpha value is -2.45. The number of carbonyl (C=O) groups excluding carboxylic acids is 2. The first-order valence-corrected chi connectivity index (χ1v) is 9.51. The van der Waals surface area contributed by atoms with Crippen LogP contribution in [0.2, 0.25) is 0 Å². The monoisotopic (exact) mass is 392 g/mol. The van der Waals surface area contributed by atoms with Crippen LogP contribution < -0.4 is 5.32 Å². The van der Waals surface area contributed by atoms with Gasteiger partial charge >= 0.3 is 5.97 Å². The summed E-state index contributed by atoms with van der Waals surface area (Å²) in [6.45, 7) is 0.510. The van der Waals surface area contributed by atoms with Crippen LogP contribution in [-0.4, -0.2) is 69.8 Å². The predicted molar refractivity (Wildman–Crippen MR) is 101 cm³/mol. The number of hydrogen-bond donors (Lipinski definition) is 4. The van der Waals surface area contributed by atoms with E-state index >= 15 is 0 Å². The quantitative estimate of drug-likeness (QED) is 0.474. The Morgan fingerprint density at radius 3 is 2.32 bits per heavy atom. The lowest BCUT2D eigenvalue weighted by atomic mass is 9.90. The molecule has 1 saturated heterocycles. The number of carboxylic acids is 1. The lowest BCUT2D eigenvalue weighted by Crippen LogP contribution is -2.45. The number of likely N-dealkylation sites (tertiary alicyclic amines) is 1. The number of nitrogens with one attached hydrogen (secondary N) is 1. The molecule has 1 aromatic carbocycles. The molecule has 8 nitrogen and oxygen atoms in total. The van der Waals surface area contributed by atoms with Gasteiger partial charge in [0.05, 0.1) is 25.6 Å². The Labute approximate surface area is 164 Å². The summed E-state index contributed by atoms with van der Waals surface area (Å²) in [7, 11) is 0. The minimum atomic E-state index is -1.42. The molecule has 4 N–H and O–H groups in total. The standard InChI is InChI=1S/C20H28N2O6/c23-13-17(20(27)28)21-18(25)11-16(24)12-19(26)22-8-6-15(7-9-22)10-14-4-2-1-3-5-14/h1-5,15-17,23-24H,6-13H2,(H,21,25)(H,27,28). The highest BCUT2D eigenvalue weighted by Crippen LogP contribution is 2.22. The van der Waals surface area contributed by atoms with Crippen LogP contribution in [0.3, 0.4) is 0 Å². The largest absolute Gasteiger partial charge is 0.480 e. The van der Waals surface area contributed by atoms with Crippen molar-refractivity contribution in [3.8, 4) is 0 Å². The van der Waals surface area contributed by atoms with E-state index in [1.165, 1.54) is 5.56 Å². The molecule has 0 spiro atoms. The first-order valence-electron chi connectivity index (χ1n) is 9.51. The lowest BCUT2D eigenvalue weighted by Gasteiger charge is -2.32. The van der Waals surface area contributed by atoms with Crippen molar-refractivity contribution in [1.82, 2.24) is 10.2 Å². The van der Waals surface area contributed by atoms with E-state index in [4.69, 9.17) is 10.2 Å². The van der Waals surface area contributed by atoms with Gasteiger partial charge in [0, 0.05) is 13.1 Å². The van der Waals surface area contributed by atoms with Crippen molar-refractivity contribution in [1.29, 1.82) is 0 Å². The molecule has 1 fully saturated rings. The van der Waals surface area contributed by atoms with Gasteiger partial charge in [-0.25, -0.2) is 4.79 Å². The van der Waals surface area contributed by atoms with E-state index in [-0.39, 0.29) is 18.7 Å². The summed E-state index contributed by atoms with van der Waals surface area (Å²) in [5.41, 5.74) is 1.29. The Morgan fingerprint density at radius 1 is 1.11 bits per heavy atom. The maximum Gasteiger partial charge on any atom is 0.328 e. The molecule has 2 unspecified atom stereocenters. The molecular formula is C20H28N2O6. The van der Waals surface area contributed by atoms with Crippen LogP contribution >= 0.6 is 0 Å². The fourth-order valence-corrected chi connectivity index (χ4v) is 3.39. The van der Waals surface area contributed by atoms with Crippen LogP contribution in [0.5, 0.6) is 0 Å². The van der Waals surface area contributed by atoms with Crippen LogP contribution in [0.25, 0.3) is 0 Å². The van der Waals surface area contributed by atoms with Crippen molar-refractivity contribution in [2.24, 2.45) is 5.92 Å². The smallest absolute Gasteiger partial charge is 0.328 e. The van der Waals surface area contributed by atoms with E-state index in [0.29, 0.717) is 19.0 Å². The zero-order chi connectivity index (χ0) is 20.5. The molecule has 1 heterocycles. The average Bonchev–Trinajstić information content (AvgIpc) is 2.67. The van der Waals surface area contributed by atoms with Crippen LogP contribution in [0.15, 0.2) is 30.3 Å². The van der Waals surface area contributed by atoms with Gasteiger partial charge in [-0.3, -0.25) is 9.59 Å². The first kappa shape index (κ1) is 21.8. The van der Waals surface area contributed by atoms with Crippen molar-refractivity contribution in [3.05, 3.63) is 35.9 Å². The number of benzene rings is 1. The van der Waals surface area contributed by atoms with Gasteiger partial charge in [0.15, 0.2) is 0 Å². The number of hydrogen-bond acceptors (Lipinski definition) is 5. The number of piperidine rings is 1. The van der Waals surface area contributed by atoms with Crippen molar-refractivity contribution >= 4 is 17.8 Å². The number of carboxylic acid groups (broad SMARTS) is 1. The third-order valence-corrected chi connectivity index (χ3v) is 4.98. The maximum absolute atomic E-state index is 12.3. The van der Waals surface area contributed by atoms with Crippen LogP contribution in [-0.2, 0) is 20.8 Å². The van der Waals surface area contributed by atoms with E-state index in [1.54, 1.807) is 4.90 Å². The van der Waals surface area contributed by atoms with Crippen LogP contribution in [0.4, 0.5) is 0 Å². The summed E-state index contributed by atoms with van der Waals surface area (Å²) in [5, 5.41) is 29.8. The summed E-state index contributed by atoms with van der Waals surface area (Å²) in [5.74, 6) is -1.77. The molecule has 1 aromatic rings. The van der Waals surface area contributed by atoms with Crippen molar-refractivity contribution in [2.45, 2.75) is 44.2 Å². The topological polar surface area (TPSA) is 127 Å². The molecule has 1 aliphatic heterocycles. The van der Waals surface area contributed by atoms with Gasteiger partial charge in [0.25, 0.3) is 0 Å². The molecule has 0 aliphatic carbocycles. The summed E-state index contributed by atoms with van der Waals surface area (Å²) in [4.78, 5) is 36.6. The summed E-state index contributed by atoms with van der Waals surface area (Å²) in [6.07, 6.45) is 1.01. The zero-order valence-corrected chi connectivity index (χ0v) is 15.8. The predicted octanol–water partition coefficient (Wildman–Crippen LogP) is 0.171. The number of aliphatic hydroxyl groups excluding tert-OH is 2. The number of nitrogens with zero attached hydrogens (tertiary/aromatic N) is 1. The molecule has 8 heteroatoms. The van der Waals surface area contributed by atoms with E-state index in [9.17, 15) is 19.5 Å². The Morgan fingerprint density at radius 2 is 1.75 bits per heavy atom. The second-order valence-corrected chi connectivity index (χ2v) is 7.22. The molecule has 0 radical (unpaired) electrons. The van der Waals surface area contributed by atoms with E-state index in [1.807, 2.05) is 18.2 Å².